The van der Waals surface area contributed by atoms with Crippen LogP contribution in [0.5, 0.6) is 0 Å². The van der Waals surface area contributed by atoms with Crippen LogP contribution in [0.3, 0.4) is 0 Å². The van der Waals surface area contributed by atoms with Gasteiger partial charge in [0.2, 0.25) is 0 Å². The first-order chi connectivity index (χ1) is 14.7. The zero-order chi connectivity index (χ0) is 20.9. The lowest BCUT2D eigenvalue weighted by Crippen LogP contribution is -2.49. The third-order valence-electron chi connectivity index (χ3n) is 7.14. The number of carbonyl (C=O) groups excluding carboxylic acids is 2. The van der Waals surface area contributed by atoms with Gasteiger partial charge in [0.15, 0.2) is 0 Å². The number of rotatable bonds is 5. The van der Waals surface area contributed by atoms with E-state index < -0.39 is 0 Å². The molecule has 30 heavy (non-hydrogen) atoms. The van der Waals surface area contributed by atoms with Crippen molar-refractivity contribution in [2.75, 3.05) is 39.9 Å². The highest BCUT2D eigenvalue weighted by Crippen LogP contribution is 2.37. The fourth-order valence-corrected chi connectivity index (χ4v) is 6.52. The standard InChI is InChI=1S/C23H35N3O3S/c1-29-14-10-24-23(28)25-12-8-18(9-13-25)21-15-19(16-30-21)22(27)26-11-4-6-17-5-2-3-7-20(17)26/h15-18,20H,2-14H2,1H3,(H,24,28). The predicted octanol–water partition coefficient (Wildman–Crippen LogP) is 4.08. The minimum atomic E-state index is -0.000295. The Morgan fingerprint density at radius 2 is 1.87 bits per heavy atom. The summed E-state index contributed by atoms with van der Waals surface area (Å²) in [6.45, 7) is 3.53. The number of fused-ring (bicyclic) bond motifs is 1. The number of hydrogen-bond donors (Lipinski definition) is 1. The number of hydrogen-bond acceptors (Lipinski definition) is 4. The fourth-order valence-electron chi connectivity index (χ4n) is 5.46. The van der Waals surface area contributed by atoms with E-state index in [0.29, 0.717) is 31.0 Å². The molecule has 1 saturated carbocycles. The van der Waals surface area contributed by atoms with Crippen LogP contribution < -0.4 is 5.32 Å². The minimum Gasteiger partial charge on any atom is -0.383 e. The molecule has 0 aromatic carbocycles. The Balaban J connectivity index is 1.32. The zero-order valence-electron chi connectivity index (χ0n) is 18.1. The van der Waals surface area contributed by atoms with Gasteiger partial charge in [0.1, 0.15) is 0 Å². The number of ether oxygens (including phenoxy) is 1. The molecule has 166 valence electrons. The number of likely N-dealkylation sites (tertiary alicyclic amines) is 2. The third kappa shape index (κ3) is 4.83. The number of thiophene rings is 1. The van der Waals surface area contributed by atoms with Crippen molar-refractivity contribution in [3.63, 3.8) is 0 Å². The molecule has 6 nitrogen and oxygen atoms in total. The number of methoxy groups -OCH3 is 1. The molecule has 4 rings (SSSR count). The molecule has 3 aliphatic rings. The van der Waals surface area contributed by atoms with E-state index in [0.717, 1.165) is 44.5 Å². The first-order valence-corrected chi connectivity index (χ1v) is 12.5. The molecule has 1 aromatic rings. The molecule has 2 atom stereocenters. The van der Waals surface area contributed by atoms with Crippen LogP contribution in [0.25, 0.3) is 0 Å². The predicted molar refractivity (Wildman–Crippen MR) is 119 cm³/mol. The Morgan fingerprint density at radius 3 is 2.67 bits per heavy atom. The normalized spacial score (nSPS) is 25.1. The van der Waals surface area contributed by atoms with Crippen LogP contribution in [-0.4, -0.2) is 67.7 Å². The van der Waals surface area contributed by atoms with Gasteiger partial charge in [-0.25, -0.2) is 4.79 Å². The molecule has 3 heterocycles. The van der Waals surface area contributed by atoms with E-state index in [4.69, 9.17) is 4.74 Å². The quantitative estimate of drug-likeness (QED) is 0.712. The number of urea groups is 1. The Kier molecular flexibility index (Phi) is 7.31. The van der Waals surface area contributed by atoms with Crippen molar-refractivity contribution in [3.05, 3.63) is 21.9 Å². The molecule has 3 fully saturated rings. The van der Waals surface area contributed by atoms with Gasteiger partial charge in [0.05, 0.1) is 12.2 Å². The van der Waals surface area contributed by atoms with Gasteiger partial charge >= 0.3 is 6.03 Å². The molecule has 0 spiro atoms. The molecule has 0 radical (unpaired) electrons. The maximum Gasteiger partial charge on any atom is 0.317 e. The van der Waals surface area contributed by atoms with E-state index in [1.807, 2.05) is 4.90 Å². The third-order valence-corrected chi connectivity index (χ3v) is 8.23. The second-order valence-electron chi connectivity index (χ2n) is 8.98. The monoisotopic (exact) mass is 433 g/mol. The summed E-state index contributed by atoms with van der Waals surface area (Å²) in [5, 5.41) is 4.96. The first-order valence-electron chi connectivity index (χ1n) is 11.6. The van der Waals surface area contributed by atoms with Crippen molar-refractivity contribution in [2.24, 2.45) is 5.92 Å². The Hall–Kier alpha value is -1.60. The average molecular weight is 434 g/mol. The van der Waals surface area contributed by atoms with Crippen LogP contribution in [0.15, 0.2) is 11.4 Å². The first kappa shape index (κ1) is 21.6. The molecule has 7 heteroatoms. The van der Waals surface area contributed by atoms with Gasteiger partial charge < -0.3 is 19.9 Å². The lowest BCUT2D eigenvalue weighted by molar-refractivity contribution is 0.0391. The summed E-state index contributed by atoms with van der Waals surface area (Å²) < 4.78 is 4.99. The number of nitrogens with zero attached hydrogens (tertiary/aromatic N) is 2. The lowest BCUT2D eigenvalue weighted by atomic mass is 9.78. The van der Waals surface area contributed by atoms with Crippen molar-refractivity contribution < 1.29 is 14.3 Å². The Labute approximate surface area is 183 Å². The summed E-state index contributed by atoms with van der Waals surface area (Å²) in [5.41, 5.74) is 0.876. The molecule has 3 amide bonds. The lowest BCUT2D eigenvalue weighted by Gasteiger charge is -2.44. The molecule has 0 bridgehead atoms. The van der Waals surface area contributed by atoms with Gasteiger partial charge in [0.25, 0.3) is 5.91 Å². The van der Waals surface area contributed by atoms with Gasteiger partial charge in [-0.15, -0.1) is 11.3 Å². The van der Waals surface area contributed by atoms with E-state index in [2.05, 4.69) is 21.7 Å². The molecule has 2 aliphatic heterocycles. The van der Waals surface area contributed by atoms with Gasteiger partial charge in [-0.05, 0) is 56.4 Å². The van der Waals surface area contributed by atoms with Crippen LogP contribution >= 0.6 is 11.3 Å². The summed E-state index contributed by atoms with van der Waals surface area (Å²) in [7, 11) is 1.64. The number of piperidine rings is 2. The van der Waals surface area contributed by atoms with Crippen molar-refractivity contribution >= 4 is 23.3 Å². The van der Waals surface area contributed by atoms with Crippen LogP contribution in [0.1, 0.15) is 72.5 Å². The SMILES string of the molecule is COCCNC(=O)N1CCC(c2cc(C(=O)N3CCCC4CCCCC43)cs2)CC1. The average Bonchev–Trinajstić information content (AvgIpc) is 3.29. The van der Waals surface area contributed by atoms with E-state index in [1.165, 1.54) is 37.0 Å². The molecule has 1 aromatic heterocycles. The number of carbonyl (C=O) groups is 2. The van der Waals surface area contributed by atoms with E-state index in [9.17, 15) is 9.59 Å². The fraction of sp³-hybridized carbons (Fsp3) is 0.739. The topological polar surface area (TPSA) is 61.9 Å². The highest BCUT2D eigenvalue weighted by molar-refractivity contribution is 7.10. The summed E-state index contributed by atoms with van der Waals surface area (Å²) in [5.74, 6) is 1.40. The number of amides is 3. The second-order valence-corrected chi connectivity index (χ2v) is 9.92. The highest BCUT2D eigenvalue weighted by atomic mass is 32.1. The maximum atomic E-state index is 13.3. The van der Waals surface area contributed by atoms with Crippen LogP contribution in [0, 0.1) is 5.92 Å². The molecule has 1 aliphatic carbocycles. The molecule has 2 saturated heterocycles. The highest BCUT2D eigenvalue weighted by Gasteiger charge is 2.36. The van der Waals surface area contributed by atoms with Gasteiger partial charge in [-0.1, -0.05) is 12.8 Å². The summed E-state index contributed by atoms with van der Waals surface area (Å²) in [4.78, 5) is 30.9. The largest absolute Gasteiger partial charge is 0.383 e. The molecular weight excluding hydrogens is 398 g/mol. The van der Waals surface area contributed by atoms with E-state index in [1.54, 1.807) is 18.4 Å². The van der Waals surface area contributed by atoms with E-state index >= 15 is 0 Å². The summed E-state index contributed by atoms with van der Waals surface area (Å²) >= 11 is 1.72. The maximum absolute atomic E-state index is 13.3. The van der Waals surface area contributed by atoms with Crippen molar-refractivity contribution in [1.29, 1.82) is 0 Å². The molecule has 2 unspecified atom stereocenters. The second kappa shape index (κ2) is 10.1. The molecule has 1 N–H and O–H groups in total. The van der Waals surface area contributed by atoms with Crippen LogP contribution in [-0.2, 0) is 4.74 Å². The smallest absolute Gasteiger partial charge is 0.317 e. The Bertz CT molecular complexity index is 727. The summed E-state index contributed by atoms with van der Waals surface area (Å²) in [6, 6.07) is 2.60. The van der Waals surface area contributed by atoms with Crippen LogP contribution in [0.4, 0.5) is 4.79 Å². The van der Waals surface area contributed by atoms with Crippen LogP contribution in [0.2, 0.25) is 0 Å². The Morgan fingerprint density at radius 1 is 1.10 bits per heavy atom. The van der Waals surface area contributed by atoms with Gasteiger partial charge in [-0.2, -0.15) is 0 Å². The number of nitrogens with one attached hydrogen (secondary N) is 1. The van der Waals surface area contributed by atoms with Crippen molar-refractivity contribution in [3.8, 4) is 0 Å². The zero-order valence-corrected chi connectivity index (χ0v) is 18.9. The van der Waals surface area contributed by atoms with Crippen molar-refractivity contribution in [2.45, 2.75) is 63.3 Å². The van der Waals surface area contributed by atoms with Gasteiger partial charge in [0, 0.05) is 49.6 Å². The summed E-state index contributed by atoms with van der Waals surface area (Å²) in [6.07, 6.45) is 9.42. The van der Waals surface area contributed by atoms with Gasteiger partial charge in [-0.3, -0.25) is 4.79 Å². The van der Waals surface area contributed by atoms with Crippen molar-refractivity contribution in [1.82, 2.24) is 15.1 Å². The molecular formula is C23H35N3O3S. The van der Waals surface area contributed by atoms with E-state index in [-0.39, 0.29) is 11.9 Å². The minimum absolute atomic E-state index is 0.000295.